The number of hydrogen-bond donors (Lipinski definition) is 0. The summed E-state index contributed by atoms with van der Waals surface area (Å²) in [7, 11) is 0. The number of carbonyl (C=O) groups excluding carboxylic acids is 2. The molecular formula is C21H20N4O2S. The molecule has 28 heavy (non-hydrogen) atoms. The minimum Gasteiger partial charge on any atom is -0.339 e. The Labute approximate surface area is 167 Å². The maximum Gasteiger partial charge on any atom is 0.254 e. The molecule has 2 heterocycles. The molecule has 0 radical (unpaired) electrons. The van der Waals surface area contributed by atoms with Crippen molar-refractivity contribution in [2.45, 2.75) is 12.3 Å². The Balaban J connectivity index is 1.19. The molecule has 2 fully saturated rings. The van der Waals surface area contributed by atoms with Crippen molar-refractivity contribution in [2.24, 2.45) is 5.92 Å². The Morgan fingerprint density at radius 2 is 1.61 bits per heavy atom. The summed E-state index contributed by atoms with van der Waals surface area (Å²) in [5, 5.41) is 0. The Morgan fingerprint density at radius 3 is 2.39 bits per heavy atom. The van der Waals surface area contributed by atoms with Crippen LogP contribution in [-0.4, -0.2) is 56.5 Å². The van der Waals surface area contributed by atoms with E-state index in [0.29, 0.717) is 37.7 Å². The second-order valence-corrected chi connectivity index (χ2v) is 7.97. The molecule has 6 nitrogen and oxygen atoms in total. The van der Waals surface area contributed by atoms with Gasteiger partial charge in [-0.1, -0.05) is 30.3 Å². The third-order valence-electron chi connectivity index (χ3n) is 5.71. The zero-order chi connectivity index (χ0) is 19.1. The molecule has 5 rings (SSSR count). The van der Waals surface area contributed by atoms with Gasteiger partial charge >= 0.3 is 0 Å². The maximum absolute atomic E-state index is 12.8. The van der Waals surface area contributed by atoms with Gasteiger partial charge in [-0.3, -0.25) is 9.59 Å². The average molecular weight is 392 g/mol. The van der Waals surface area contributed by atoms with Crippen LogP contribution in [0, 0.1) is 5.92 Å². The van der Waals surface area contributed by atoms with Gasteiger partial charge in [0.2, 0.25) is 5.91 Å². The Hall–Kier alpha value is -2.80. The van der Waals surface area contributed by atoms with Crippen LogP contribution in [-0.2, 0) is 4.79 Å². The molecule has 1 aliphatic carbocycles. The third-order valence-corrected chi connectivity index (χ3v) is 6.27. The summed E-state index contributed by atoms with van der Waals surface area (Å²) in [6, 6.07) is 15.7. The highest BCUT2D eigenvalue weighted by atomic mass is 32.1. The summed E-state index contributed by atoms with van der Waals surface area (Å²) in [5.41, 5.74) is 3.45. The Kier molecular flexibility index (Phi) is 4.31. The van der Waals surface area contributed by atoms with Crippen LogP contribution in [0.3, 0.4) is 0 Å². The lowest BCUT2D eigenvalue weighted by atomic mass is 10.1. The minimum atomic E-state index is -0.00409. The number of aromatic nitrogens is 2. The highest BCUT2D eigenvalue weighted by molar-refractivity contribution is 7.00. The first kappa shape index (κ1) is 17.3. The smallest absolute Gasteiger partial charge is 0.254 e. The van der Waals surface area contributed by atoms with Crippen molar-refractivity contribution in [3.63, 3.8) is 0 Å². The van der Waals surface area contributed by atoms with Gasteiger partial charge in [-0.25, -0.2) is 0 Å². The summed E-state index contributed by atoms with van der Waals surface area (Å²) >= 11 is 1.15. The van der Waals surface area contributed by atoms with Gasteiger partial charge in [0.1, 0.15) is 11.0 Å². The lowest BCUT2D eigenvalue weighted by Crippen LogP contribution is -2.51. The molecule has 142 valence electrons. The van der Waals surface area contributed by atoms with Gasteiger partial charge in [0, 0.05) is 37.7 Å². The Bertz CT molecular complexity index is 1030. The topological polar surface area (TPSA) is 66.4 Å². The van der Waals surface area contributed by atoms with E-state index in [1.165, 1.54) is 5.56 Å². The molecule has 2 amide bonds. The molecule has 1 aromatic heterocycles. The van der Waals surface area contributed by atoms with Crippen molar-refractivity contribution < 1.29 is 9.59 Å². The normalized spacial score (nSPS) is 21.7. The van der Waals surface area contributed by atoms with Crippen molar-refractivity contribution in [1.29, 1.82) is 0 Å². The van der Waals surface area contributed by atoms with Crippen LogP contribution in [0.15, 0.2) is 48.5 Å². The first-order chi connectivity index (χ1) is 13.7. The van der Waals surface area contributed by atoms with Gasteiger partial charge in [0.05, 0.1) is 11.7 Å². The number of amides is 2. The summed E-state index contributed by atoms with van der Waals surface area (Å²) in [4.78, 5) is 29.4. The summed E-state index contributed by atoms with van der Waals surface area (Å²) < 4.78 is 8.38. The van der Waals surface area contributed by atoms with Crippen LogP contribution in [0.1, 0.15) is 28.3 Å². The van der Waals surface area contributed by atoms with E-state index in [1.807, 2.05) is 34.1 Å². The van der Waals surface area contributed by atoms with Gasteiger partial charge < -0.3 is 9.80 Å². The van der Waals surface area contributed by atoms with Gasteiger partial charge in [-0.05, 0) is 36.1 Å². The molecule has 7 heteroatoms. The average Bonchev–Trinajstić information content (AvgIpc) is 3.42. The zero-order valence-electron chi connectivity index (χ0n) is 15.3. The summed E-state index contributed by atoms with van der Waals surface area (Å²) in [6.07, 6.45) is 0.934. The van der Waals surface area contributed by atoms with E-state index in [4.69, 9.17) is 0 Å². The molecule has 0 spiro atoms. The molecule has 0 N–H and O–H groups in total. The van der Waals surface area contributed by atoms with Crippen LogP contribution < -0.4 is 0 Å². The molecular weight excluding hydrogens is 372 g/mol. The fraction of sp³-hybridized carbons (Fsp3) is 0.333. The lowest BCUT2D eigenvalue weighted by Gasteiger charge is -2.35. The van der Waals surface area contributed by atoms with E-state index in [9.17, 15) is 9.59 Å². The van der Waals surface area contributed by atoms with E-state index in [0.717, 1.165) is 29.2 Å². The predicted octanol–water partition coefficient (Wildman–Crippen LogP) is 2.78. The van der Waals surface area contributed by atoms with E-state index < -0.39 is 0 Å². The lowest BCUT2D eigenvalue weighted by molar-refractivity contribution is -0.134. The van der Waals surface area contributed by atoms with E-state index >= 15 is 0 Å². The molecule has 2 aromatic carbocycles. The molecule has 0 bridgehead atoms. The Morgan fingerprint density at radius 1 is 0.893 bits per heavy atom. The van der Waals surface area contributed by atoms with Gasteiger partial charge in [0.25, 0.3) is 5.91 Å². The number of nitrogens with zero attached hydrogens (tertiary/aromatic N) is 4. The molecule has 0 unspecified atom stereocenters. The van der Waals surface area contributed by atoms with Gasteiger partial charge in [-0.2, -0.15) is 8.75 Å². The number of piperazine rings is 1. The highest BCUT2D eigenvalue weighted by Crippen LogP contribution is 2.48. The summed E-state index contributed by atoms with van der Waals surface area (Å²) in [5.74, 6) is 0.683. The number of fused-ring (bicyclic) bond motifs is 1. The first-order valence-corrected chi connectivity index (χ1v) is 10.3. The number of rotatable bonds is 3. The van der Waals surface area contributed by atoms with Crippen LogP contribution in [0.25, 0.3) is 11.0 Å². The van der Waals surface area contributed by atoms with Crippen LogP contribution in [0.4, 0.5) is 0 Å². The zero-order valence-corrected chi connectivity index (χ0v) is 16.1. The van der Waals surface area contributed by atoms with Crippen molar-refractivity contribution in [3.8, 4) is 0 Å². The first-order valence-electron chi connectivity index (χ1n) is 9.56. The molecule has 3 aromatic rings. The SMILES string of the molecule is O=C(c1ccc2nsnc2c1)N1CCN(C(=O)[C@@H]2C[C@H]2c2ccccc2)CC1. The number of benzene rings is 2. The van der Waals surface area contributed by atoms with Crippen LogP contribution in [0.5, 0.6) is 0 Å². The highest BCUT2D eigenvalue weighted by Gasteiger charge is 2.46. The molecule has 2 aliphatic rings. The fourth-order valence-electron chi connectivity index (χ4n) is 4.00. The second kappa shape index (κ2) is 6.98. The molecule has 1 saturated carbocycles. The van der Waals surface area contributed by atoms with Gasteiger partial charge in [-0.15, -0.1) is 0 Å². The van der Waals surface area contributed by atoms with E-state index in [2.05, 4.69) is 20.9 Å². The summed E-state index contributed by atoms with van der Waals surface area (Å²) in [6.45, 7) is 2.34. The third kappa shape index (κ3) is 3.16. The maximum atomic E-state index is 12.8. The largest absolute Gasteiger partial charge is 0.339 e. The predicted molar refractivity (Wildman–Crippen MR) is 107 cm³/mol. The van der Waals surface area contributed by atoms with Crippen molar-refractivity contribution in [1.82, 2.24) is 18.5 Å². The monoisotopic (exact) mass is 392 g/mol. The second-order valence-electron chi connectivity index (χ2n) is 7.44. The quantitative estimate of drug-likeness (QED) is 0.687. The number of hydrogen-bond acceptors (Lipinski definition) is 5. The molecule has 2 atom stereocenters. The van der Waals surface area contributed by atoms with Crippen LogP contribution >= 0.6 is 11.7 Å². The van der Waals surface area contributed by atoms with Gasteiger partial charge in [0.15, 0.2) is 0 Å². The number of carbonyl (C=O) groups is 2. The van der Waals surface area contributed by atoms with Crippen LogP contribution in [0.2, 0.25) is 0 Å². The van der Waals surface area contributed by atoms with Crippen molar-refractivity contribution >= 4 is 34.6 Å². The minimum absolute atomic E-state index is 0.00409. The van der Waals surface area contributed by atoms with E-state index in [1.54, 1.807) is 12.1 Å². The van der Waals surface area contributed by atoms with Crippen molar-refractivity contribution in [3.05, 3.63) is 59.7 Å². The molecule has 1 saturated heterocycles. The fourth-order valence-corrected chi connectivity index (χ4v) is 4.52. The van der Waals surface area contributed by atoms with Crippen molar-refractivity contribution in [2.75, 3.05) is 26.2 Å². The van der Waals surface area contributed by atoms with E-state index in [-0.39, 0.29) is 17.7 Å². The standard InChI is InChI=1S/C21H20N4O2S/c26-20(15-6-7-18-19(12-15)23-28-22-18)24-8-10-25(11-9-24)21(27)17-13-16(17)14-4-2-1-3-5-14/h1-7,12,16-17H,8-11,13H2/t16-,17+/m0/s1. The molecule has 1 aliphatic heterocycles.